The van der Waals surface area contributed by atoms with Gasteiger partial charge in [-0.2, -0.15) is 0 Å². The van der Waals surface area contributed by atoms with Crippen LogP contribution in [0.1, 0.15) is 35.9 Å². The van der Waals surface area contributed by atoms with Crippen molar-refractivity contribution < 1.29 is 4.79 Å². The van der Waals surface area contributed by atoms with Crippen LogP contribution in [0.3, 0.4) is 0 Å². The van der Waals surface area contributed by atoms with Gasteiger partial charge in [0.25, 0.3) is 0 Å². The third-order valence-corrected chi connectivity index (χ3v) is 5.11. The van der Waals surface area contributed by atoms with Gasteiger partial charge in [0.15, 0.2) is 0 Å². The van der Waals surface area contributed by atoms with Gasteiger partial charge in [0.2, 0.25) is 5.91 Å². The van der Waals surface area contributed by atoms with Crippen molar-refractivity contribution in [2.24, 2.45) is 0 Å². The third kappa shape index (κ3) is 3.52. The van der Waals surface area contributed by atoms with Crippen molar-refractivity contribution in [3.8, 4) is 0 Å². The van der Waals surface area contributed by atoms with Crippen LogP contribution in [0.5, 0.6) is 0 Å². The number of hydrogen-bond acceptors (Lipinski definition) is 3. The van der Waals surface area contributed by atoms with Gasteiger partial charge in [-0.25, -0.2) is 4.68 Å². The molecule has 1 fully saturated rings. The number of carbonyl (C=O) groups is 1. The first-order chi connectivity index (χ1) is 12.8. The highest BCUT2D eigenvalue weighted by molar-refractivity contribution is 5.78. The average Bonchev–Trinajstić information content (AvgIpc) is 3.39. The molecular formula is C21H22N4O. The lowest BCUT2D eigenvalue weighted by Crippen LogP contribution is -2.30. The fourth-order valence-corrected chi connectivity index (χ4v) is 3.70. The molecule has 3 aromatic rings. The zero-order valence-electron chi connectivity index (χ0n) is 14.6. The Morgan fingerprint density at radius 3 is 2.27 bits per heavy atom. The van der Waals surface area contributed by atoms with Gasteiger partial charge >= 0.3 is 0 Å². The summed E-state index contributed by atoms with van der Waals surface area (Å²) in [6.45, 7) is 1.48. The number of benzene rings is 2. The number of hydrogen-bond donors (Lipinski definition) is 0. The SMILES string of the molecule is O=C(CC(c1ccccc1)c1ccccc1)N1CC[C@H](n2ccnn2)C1. The van der Waals surface area contributed by atoms with Gasteiger partial charge in [0.05, 0.1) is 12.2 Å². The van der Waals surface area contributed by atoms with E-state index in [0.717, 1.165) is 13.0 Å². The van der Waals surface area contributed by atoms with Crippen molar-refractivity contribution in [2.45, 2.75) is 24.8 Å². The number of amides is 1. The molecule has 132 valence electrons. The van der Waals surface area contributed by atoms with E-state index in [0.29, 0.717) is 13.0 Å². The number of nitrogens with zero attached hydrogens (tertiary/aromatic N) is 4. The predicted molar refractivity (Wildman–Crippen MR) is 99.6 cm³/mol. The minimum absolute atomic E-state index is 0.0790. The Labute approximate surface area is 153 Å². The van der Waals surface area contributed by atoms with Crippen molar-refractivity contribution in [1.29, 1.82) is 0 Å². The van der Waals surface area contributed by atoms with E-state index >= 15 is 0 Å². The summed E-state index contributed by atoms with van der Waals surface area (Å²) < 4.78 is 1.86. The molecule has 0 saturated carbocycles. The molecule has 26 heavy (non-hydrogen) atoms. The minimum Gasteiger partial charge on any atom is -0.340 e. The highest BCUT2D eigenvalue weighted by Crippen LogP contribution is 2.30. The van der Waals surface area contributed by atoms with Gasteiger partial charge < -0.3 is 4.90 Å². The van der Waals surface area contributed by atoms with Crippen LogP contribution < -0.4 is 0 Å². The Bertz CT molecular complexity index is 793. The van der Waals surface area contributed by atoms with Crippen LogP contribution in [0.4, 0.5) is 0 Å². The second-order valence-corrected chi connectivity index (χ2v) is 6.74. The summed E-state index contributed by atoms with van der Waals surface area (Å²) in [5.41, 5.74) is 2.36. The van der Waals surface area contributed by atoms with Crippen molar-refractivity contribution in [3.63, 3.8) is 0 Å². The molecule has 0 spiro atoms. The van der Waals surface area contributed by atoms with Crippen LogP contribution in [0, 0.1) is 0 Å². The molecule has 1 aliphatic heterocycles. The molecular weight excluding hydrogens is 324 g/mol. The largest absolute Gasteiger partial charge is 0.340 e. The molecule has 2 heterocycles. The molecule has 0 unspecified atom stereocenters. The summed E-state index contributed by atoms with van der Waals surface area (Å²) in [6.07, 6.45) is 4.97. The van der Waals surface area contributed by atoms with E-state index in [1.54, 1.807) is 6.20 Å². The van der Waals surface area contributed by atoms with Crippen molar-refractivity contribution in [3.05, 3.63) is 84.2 Å². The van der Waals surface area contributed by atoms with Crippen molar-refractivity contribution in [2.75, 3.05) is 13.1 Å². The first-order valence-corrected chi connectivity index (χ1v) is 9.05. The molecule has 0 bridgehead atoms. The normalized spacial score (nSPS) is 17.0. The average molecular weight is 346 g/mol. The molecule has 1 aliphatic rings. The topological polar surface area (TPSA) is 51.0 Å². The molecule has 1 saturated heterocycles. The van der Waals surface area contributed by atoms with E-state index in [1.165, 1.54) is 11.1 Å². The van der Waals surface area contributed by atoms with Gasteiger partial charge in [-0.15, -0.1) is 5.10 Å². The van der Waals surface area contributed by atoms with E-state index in [1.807, 2.05) is 52.2 Å². The standard InChI is InChI=1S/C21H22N4O/c26-21(24-13-11-19(16-24)25-14-12-22-23-25)15-20(17-7-3-1-4-8-17)18-9-5-2-6-10-18/h1-10,12,14,19-20H,11,13,15-16H2/t19-/m0/s1. The molecule has 0 aliphatic carbocycles. The molecule has 1 aromatic heterocycles. The lowest BCUT2D eigenvalue weighted by molar-refractivity contribution is -0.130. The number of likely N-dealkylation sites (tertiary alicyclic amines) is 1. The van der Waals surface area contributed by atoms with Crippen LogP contribution >= 0.6 is 0 Å². The maximum Gasteiger partial charge on any atom is 0.223 e. The number of rotatable bonds is 5. The molecule has 1 amide bonds. The molecule has 5 nitrogen and oxygen atoms in total. The highest BCUT2D eigenvalue weighted by atomic mass is 16.2. The van der Waals surface area contributed by atoms with Crippen LogP contribution in [-0.4, -0.2) is 38.9 Å². The van der Waals surface area contributed by atoms with Crippen LogP contribution in [-0.2, 0) is 4.79 Å². The molecule has 4 rings (SSSR count). The lowest BCUT2D eigenvalue weighted by atomic mass is 9.88. The van der Waals surface area contributed by atoms with Gasteiger partial charge in [-0.1, -0.05) is 65.9 Å². The second kappa shape index (κ2) is 7.52. The molecule has 2 aromatic carbocycles. The van der Waals surface area contributed by atoms with Crippen LogP contribution in [0.25, 0.3) is 0 Å². The summed E-state index contributed by atoms with van der Waals surface area (Å²) in [5.74, 6) is 0.278. The molecule has 5 heteroatoms. The fourth-order valence-electron chi connectivity index (χ4n) is 3.70. The predicted octanol–water partition coefficient (Wildman–Crippen LogP) is 3.27. The quantitative estimate of drug-likeness (QED) is 0.712. The Balaban J connectivity index is 1.50. The van der Waals surface area contributed by atoms with Crippen LogP contribution in [0.2, 0.25) is 0 Å². The van der Waals surface area contributed by atoms with E-state index in [9.17, 15) is 4.79 Å². The molecule has 0 radical (unpaired) electrons. The minimum atomic E-state index is 0.0790. The van der Waals surface area contributed by atoms with Gasteiger partial charge in [0.1, 0.15) is 0 Å². The van der Waals surface area contributed by atoms with Gasteiger partial charge in [-0.3, -0.25) is 4.79 Å². The summed E-state index contributed by atoms with van der Waals surface area (Å²) in [7, 11) is 0. The summed E-state index contributed by atoms with van der Waals surface area (Å²) in [4.78, 5) is 15.0. The Kier molecular flexibility index (Phi) is 4.78. The monoisotopic (exact) mass is 346 g/mol. The van der Waals surface area contributed by atoms with Crippen molar-refractivity contribution in [1.82, 2.24) is 19.9 Å². The molecule has 1 atom stereocenters. The smallest absolute Gasteiger partial charge is 0.223 e. The zero-order chi connectivity index (χ0) is 17.8. The van der Waals surface area contributed by atoms with Crippen LogP contribution in [0.15, 0.2) is 73.1 Å². The lowest BCUT2D eigenvalue weighted by Gasteiger charge is -2.22. The zero-order valence-corrected chi connectivity index (χ0v) is 14.6. The molecule has 0 N–H and O–H groups in total. The Morgan fingerprint density at radius 1 is 1.04 bits per heavy atom. The Hall–Kier alpha value is -2.95. The maximum absolute atomic E-state index is 13.0. The Morgan fingerprint density at radius 2 is 1.69 bits per heavy atom. The highest BCUT2D eigenvalue weighted by Gasteiger charge is 2.29. The van der Waals surface area contributed by atoms with Crippen molar-refractivity contribution >= 4 is 5.91 Å². The number of aromatic nitrogens is 3. The first kappa shape index (κ1) is 16.5. The fraction of sp³-hybridized carbons (Fsp3) is 0.286. The summed E-state index contributed by atoms with van der Waals surface area (Å²) >= 11 is 0. The van der Waals surface area contributed by atoms with Gasteiger partial charge in [0, 0.05) is 31.6 Å². The van der Waals surface area contributed by atoms with E-state index in [-0.39, 0.29) is 17.9 Å². The second-order valence-electron chi connectivity index (χ2n) is 6.74. The van der Waals surface area contributed by atoms with E-state index in [2.05, 4.69) is 34.6 Å². The van der Waals surface area contributed by atoms with Gasteiger partial charge in [-0.05, 0) is 17.5 Å². The number of carbonyl (C=O) groups excluding carboxylic acids is 1. The summed E-state index contributed by atoms with van der Waals surface area (Å²) in [6, 6.07) is 20.8. The summed E-state index contributed by atoms with van der Waals surface area (Å²) in [5, 5.41) is 7.95. The van der Waals surface area contributed by atoms with E-state index < -0.39 is 0 Å². The van der Waals surface area contributed by atoms with E-state index in [4.69, 9.17) is 0 Å². The maximum atomic E-state index is 13.0. The third-order valence-electron chi connectivity index (χ3n) is 5.11. The first-order valence-electron chi connectivity index (χ1n) is 9.05.